The largest absolute Gasteiger partial charge is 0.479 e. The summed E-state index contributed by atoms with van der Waals surface area (Å²) in [7, 11) is 0. The van der Waals surface area contributed by atoms with Crippen molar-refractivity contribution in [1.82, 2.24) is 15.6 Å². The van der Waals surface area contributed by atoms with Gasteiger partial charge >= 0.3 is 0 Å². The maximum atomic E-state index is 11.9. The highest BCUT2D eigenvalue weighted by Crippen LogP contribution is 2.12. The molecule has 0 bridgehead atoms. The minimum Gasteiger partial charge on any atom is -0.479 e. The monoisotopic (exact) mass is 293 g/mol. The van der Waals surface area contributed by atoms with Crippen LogP contribution in [0, 0.1) is 0 Å². The molecule has 1 rings (SSSR count). The maximum absolute atomic E-state index is 11.9. The number of hydrogen-bond acceptors (Lipinski definition) is 4. The Hall–Kier alpha value is -1.62. The molecule has 5 heteroatoms. The molecule has 0 saturated carbocycles. The number of aromatic nitrogens is 1. The number of carbonyl (C=O) groups excluding carboxylic acids is 1. The lowest BCUT2D eigenvalue weighted by Gasteiger charge is -2.23. The summed E-state index contributed by atoms with van der Waals surface area (Å²) in [6.07, 6.45) is 1.10. The number of amides is 1. The number of hydrogen-bond donors (Lipinski definition) is 2. The SMILES string of the molecule is CC(C)NCc1ccc(OC(C)C(=O)NC(C)(C)C)cn1. The predicted molar refractivity (Wildman–Crippen MR) is 84.2 cm³/mol. The summed E-state index contributed by atoms with van der Waals surface area (Å²) in [5.74, 6) is 0.466. The average molecular weight is 293 g/mol. The maximum Gasteiger partial charge on any atom is 0.261 e. The summed E-state index contributed by atoms with van der Waals surface area (Å²) in [6, 6.07) is 4.16. The van der Waals surface area contributed by atoms with Crippen molar-refractivity contribution in [3.8, 4) is 5.75 Å². The van der Waals surface area contributed by atoms with Gasteiger partial charge in [-0.05, 0) is 39.8 Å². The molecule has 118 valence electrons. The van der Waals surface area contributed by atoms with Gasteiger partial charge in [0.15, 0.2) is 6.10 Å². The molecule has 0 aliphatic carbocycles. The second-order valence-electron chi connectivity index (χ2n) is 6.52. The van der Waals surface area contributed by atoms with E-state index in [0.717, 1.165) is 12.2 Å². The van der Waals surface area contributed by atoms with Crippen molar-refractivity contribution in [2.75, 3.05) is 0 Å². The van der Waals surface area contributed by atoms with Crippen molar-refractivity contribution in [2.24, 2.45) is 0 Å². The first-order valence-corrected chi connectivity index (χ1v) is 7.34. The molecule has 1 unspecified atom stereocenters. The molecular formula is C16H27N3O2. The van der Waals surface area contributed by atoms with E-state index in [-0.39, 0.29) is 11.4 Å². The van der Waals surface area contributed by atoms with Gasteiger partial charge in [0.1, 0.15) is 5.75 Å². The molecule has 2 N–H and O–H groups in total. The van der Waals surface area contributed by atoms with Crippen LogP contribution in [0.5, 0.6) is 5.75 Å². The molecule has 1 atom stereocenters. The standard InChI is InChI=1S/C16H27N3O2/c1-11(2)17-9-13-7-8-14(10-18-13)21-12(3)15(20)19-16(4,5)6/h7-8,10-12,17H,9H2,1-6H3,(H,19,20). The number of nitrogens with one attached hydrogen (secondary N) is 2. The number of rotatable bonds is 6. The van der Waals surface area contributed by atoms with E-state index < -0.39 is 6.10 Å². The van der Waals surface area contributed by atoms with Gasteiger partial charge in [0.25, 0.3) is 5.91 Å². The van der Waals surface area contributed by atoms with Crippen LogP contribution in [-0.2, 0) is 11.3 Å². The highest BCUT2D eigenvalue weighted by atomic mass is 16.5. The smallest absolute Gasteiger partial charge is 0.261 e. The summed E-state index contributed by atoms with van der Waals surface area (Å²) in [5, 5.41) is 6.19. The molecule has 0 fully saturated rings. The fourth-order valence-corrected chi connectivity index (χ4v) is 1.62. The Morgan fingerprint density at radius 1 is 1.29 bits per heavy atom. The highest BCUT2D eigenvalue weighted by Gasteiger charge is 2.20. The van der Waals surface area contributed by atoms with E-state index in [4.69, 9.17) is 4.74 Å². The number of carbonyl (C=O) groups is 1. The molecule has 0 aromatic carbocycles. The molecule has 0 spiro atoms. The summed E-state index contributed by atoms with van der Waals surface area (Å²) in [5.41, 5.74) is 0.683. The summed E-state index contributed by atoms with van der Waals surface area (Å²) in [4.78, 5) is 16.3. The number of ether oxygens (including phenoxy) is 1. The van der Waals surface area contributed by atoms with E-state index in [2.05, 4.69) is 29.5 Å². The normalized spacial score (nSPS) is 13.1. The quantitative estimate of drug-likeness (QED) is 0.844. The van der Waals surface area contributed by atoms with Crippen molar-refractivity contribution in [3.63, 3.8) is 0 Å². The molecule has 1 aromatic heterocycles. The van der Waals surface area contributed by atoms with Crippen LogP contribution in [0.15, 0.2) is 18.3 Å². The van der Waals surface area contributed by atoms with Gasteiger partial charge in [-0.25, -0.2) is 0 Å². The van der Waals surface area contributed by atoms with Crippen LogP contribution in [0.1, 0.15) is 47.2 Å². The molecule has 21 heavy (non-hydrogen) atoms. The van der Waals surface area contributed by atoms with Crippen LogP contribution in [0.4, 0.5) is 0 Å². The third kappa shape index (κ3) is 7.09. The Kier molecular flexibility index (Phi) is 6.15. The molecule has 0 saturated heterocycles. The lowest BCUT2D eigenvalue weighted by Crippen LogP contribution is -2.46. The van der Waals surface area contributed by atoms with Crippen molar-refractivity contribution in [3.05, 3.63) is 24.0 Å². The van der Waals surface area contributed by atoms with Crippen molar-refractivity contribution in [2.45, 2.75) is 65.8 Å². The Bertz CT molecular complexity index is 450. The summed E-state index contributed by atoms with van der Waals surface area (Å²) < 4.78 is 5.61. The zero-order chi connectivity index (χ0) is 16.0. The third-order valence-electron chi connectivity index (χ3n) is 2.67. The summed E-state index contributed by atoms with van der Waals surface area (Å²) >= 11 is 0. The zero-order valence-corrected chi connectivity index (χ0v) is 13.9. The first-order chi connectivity index (χ1) is 9.67. The van der Waals surface area contributed by atoms with E-state index in [1.165, 1.54) is 0 Å². The number of pyridine rings is 1. The van der Waals surface area contributed by atoms with Crippen LogP contribution < -0.4 is 15.4 Å². The summed E-state index contributed by atoms with van der Waals surface area (Å²) in [6.45, 7) is 12.5. The first kappa shape index (κ1) is 17.4. The van der Waals surface area contributed by atoms with Crippen LogP contribution in [0.2, 0.25) is 0 Å². The lowest BCUT2D eigenvalue weighted by molar-refractivity contribution is -0.128. The molecule has 5 nitrogen and oxygen atoms in total. The van der Waals surface area contributed by atoms with Crippen molar-refractivity contribution < 1.29 is 9.53 Å². The first-order valence-electron chi connectivity index (χ1n) is 7.34. The van der Waals surface area contributed by atoms with E-state index in [0.29, 0.717) is 11.8 Å². The Morgan fingerprint density at radius 2 is 1.95 bits per heavy atom. The molecular weight excluding hydrogens is 266 g/mol. The van der Waals surface area contributed by atoms with Crippen LogP contribution in [-0.4, -0.2) is 28.6 Å². The van der Waals surface area contributed by atoms with Gasteiger partial charge < -0.3 is 15.4 Å². The van der Waals surface area contributed by atoms with Gasteiger partial charge in [-0.15, -0.1) is 0 Å². The van der Waals surface area contributed by atoms with Gasteiger partial charge in [-0.1, -0.05) is 13.8 Å². The van der Waals surface area contributed by atoms with E-state index in [9.17, 15) is 4.79 Å². The Labute approximate surface area is 127 Å². The second-order valence-corrected chi connectivity index (χ2v) is 6.52. The van der Waals surface area contributed by atoms with Crippen molar-refractivity contribution >= 4 is 5.91 Å². The third-order valence-corrected chi connectivity index (χ3v) is 2.67. The molecule has 0 aliphatic heterocycles. The fraction of sp³-hybridized carbons (Fsp3) is 0.625. The Morgan fingerprint density at radius 3 is 2.43 bits per heavy atom. The Balaban J connectivity index is 2.53. The molecule has 0 radical (unpaired) electrons. The van der Waals surface area contributed by atoms with Gasteiger partial charge in [0, 0.05) is 18.1 Å². The number of nitrogens with zero attached hydrogens (tertiary/aromatic N) is 1. The minimum absolute atomic E-state index is 0.131. The van der Waals surface area contributed by atoms with Gasteiger partial charge in [0.05, 0.1) is 11.9 Å². The van der Waals surface area contributed by atoms with Crippen molar-refractivity contribution in [1.29, 1.82) is 0 Å². The molecule has 1 aromatic rings. The van der Waals surface area contributed by atoms with E-state index >= 15 is 0 Å². The topological polar surface area (TPSA) is 63.2 Å². The highest BCUT2D eigenvalue weighted by molar-refractivity contribution is 5.81. The van der Waals surface area contributed by atoms with Crippen LogP contribution >= 0.6 is 0 Å². The van der Waals surface area contributed by atoms with E-state index in [1.54, 1.807) is 13.1 Å². The zero-order valence-electron chi connectivity index (χ0n) is 13.9. The van der Waals surface area contributed by atoms with Crippen LogP contribution in [0.25, 0.3) is 0 Å². The average Bonchev–Trinajstić information content (AvgIpc) is 2.35. The van der Waals surface area contributed by atoms with Gasteiger partial charge in [-0.3, -0.25) is 9.78 Å². The fourth-order valence-electron chi connectivity index (χ4n) is 1.62. The molecule has 1 heterocycles. The molecule has 0 aliphatic rings. The van der Waals surface area contributed by atoms with Gasteiger partial charge in [0.2, 0.25) is 0 Å². The lowest BCUT2D eigenvalue weighted by atomic mass is 10.1. The minimum atomic E-state index is -0.550. The second kappa shape index (κ2) is 7.41. The predicted octanol–water partition coefficient (Wildman–Crippen LogP) is 2.26. The molecule has 1 amide bonds. The van der Waals surface area contributed by atoms with Crippen LogP contribution in [0.3, 0.4) is 0 Å². The van der Waals surface area contributed by atoms with Gasteiger partial charge in [-0.2, -0.15) is 0 Å². The van der Waals surface area contributed by atoms with E-state index in [1.807, 2.05) is 32.9 Å².